The van der Waals surface area contributed by atoms with Gasteiger partial charge in [-0.25, -0.2) is 4.79 Å². The monoisotopic (exact) mass is 563 g/mol. The standard InChI is InChI=1S/C32H25N3O5S/c1-38-23-12-14-25(15-13-23)39-24-10-8-22(9-11-24)35-30(29(34-32(35)41)26-7-2-3-18-33-26)28-17-16-27(40-28)20-5-4-6-21(19-20)31(36)37/h2-19,29-30H,1H3,(H,34,41)(H,36,37)/t29-,30+/m1/s1. The molecule has 2 atom stereocenters. The number of thiocarbonyl (C=S) groups is 1. The number of benzene rings is 3. The molecule has 0 saturated carbocycles. The first-order valence-electron chi connectivity index (χ1n) is 12.9. The lowest BCUT2D eigenvalue weighted by atomic mass is 10.0. The van der Waals surface area contributed by atoms with Gasteiger partial charge in [-0.1, -0.05) is 18.2 Å². The Bertz CT molecular complexity index is 1690. The van der Waals surface area contributed by atoms with E-state index in [1.54, 1.807) is 31.5 Å². The lowest BCUT2D eigenvalue weighted by Gasteiger charge is -2.26. The summed E-state index contributed by atoms with van der Waals surface area (Å²) in [4.78, 5) is 18.1. The van der Waals surface area contributed by atoms with E-state index in [0.717, 1.165) is 17.1 Å². The molecule has 1 saturated heterocycles. The van der Waals surface area contributed by atoms with Gasteiger partial charge in [0.2, 0.25) is 0 Å². The van der Waals surface area contributed by atoms with Crippen LogP contribution in [0.5, 0.6) is 17.2 Å². The summed E-state index contributed by atoms with van der Waals surface area (Å²) in [5.41, 5.74) is 2.52. The molecule has 3 heterocycles. The third kappa shape index (κ3) is 5.35. The van der Waals surface area contributed by atoms with Gasteiger partial charge in [0.15, 0.2) is 5.11 Å². The highest BCUT2D eigenvalue weighted by Crippen LogP contribution is 2.43. The summed E-state index contributed by atoms with van der Waals surface area (Å²) >= 11 is 5.82. The molecule has 9 heteroatoms. The first-order valence-corrected chi connectivity index (χ1v) is 13.3. The first-order chi connectivity index (χ1) is 20.0. The van der Waals surface area contributed by atoms with Crippen LogP contribution in [0.25, 0.3) is 11.3 Å². The number of methoxy groups -OCH3 is 1. The maximum atomic E-state index is 11.5. The van der Waals surface area contributed by atoms with Gasteiger partial charge in [-0.05, 0) is 97.1 Å². The average Bonchev–Trinajstić information content (AvgIpc) is 3.63. The van der Waals surface area contributed by atoms with Crippen molar-refractivity contribution >= 4 is 29.0 Å². The van der Waals surface area contributed by atoms with Crippen LogP contribution in [0.4, 0.5) is 5.69 Å². The van der Waals surface area contributed by atoms with Crippen molar-refractivity contribution < 1.29 is 23.8 Å². The maximum absolute atomic E-state index is 11.5. The van der Waals surface area contributed by atoms with Gasteiger partial charge < -0.3 is 29.2 Å². The number of pyridine rings is 1. The van der Waals surface area contributed by atoms with Crippen LogP contribution in [0.3, 0.4) is 0 Å². The number of hydrogen-bond acceptors (Lipinski definition) is 6. The fraction of sp³-hybridized carbons (Fsp3) is 0.0938. The number of anilines is 1. The fourth-order valence-corrected chi connectivity index (χ4v) is 5.19. The molecule has 0 radical (unpaired) electrons. The highest BCUT2D eigenvalue weighted by Gasteiger charge is 2.42. The van der Waals surface area contributed by atoms with Crippen LogP contribution < -0.4 is 19.7 Å². The van der Waals surface area contributed by atoms with Gasteiger partial charge in [-0.2, -0.15) is 0 Å². The molecule has 3 aromatic carbocycles. The van der Waals surface area contributed by atoms with E-state index in [1.165, 1.54) is 0 Å². The molecule has 6 rings (SSSR count). The molecule has 0 bridgehead atoms. The molecule has 1 aliphatic heterocycles. The number of carboxylic acids is 1. The largest absolute Gasteiger partial charge is 0.497 e. The summed E-state index contributed by atoms with van der Waals surface area (Å²) in [5.74, 6) is 2.34. The number of rotatable bonds is 8. The number of aromatic carboxylic acids is 1. The van der Waals surface area contributed by atoms with E-state index in [4.69, 9.17) is 26.1 Å². The molecule has 0 unspecified atom stereocenters. The normalized spacial score (nSPS) is 16.3. The van der Waals surface area contributed by atoms with Gasteiger partial charge in [0.1, 0.15) is 34.8 Å². The van der Waals surface area contributed by atoms with Gasteiger partial charge in [0.05, 0.1) is 24.4 Å². The summed E-state index contributed by atoms with van der Waals surface area (Å²) in [5, 5.41) is 13.4. The van der Waals surface area contributed by atoms with Gasteiger partial charge in [0, 0.05) is 17.4 Å². The number of carbonyl (C=O) groups is 1. The molecule has 1 aliphatic rings. The number of aromatic nitrogens is 1. The minimum Gasteiger partial charge on any atom is -0.497 e. The van der Waals surface area contributed by atoms with E-state index in [-0.39, 0.29) is 17.6 Å². The fourth-order valence-electron chi connectivity index (χ4n) is 4.85. The van der Waals surface area contributed by atoms with Crippen molar-refractivity contribution in [1.29, 1.82) is 0 Å². The van der Waals surface area contributed by atoms with Crippen molar-refractivity contribution in [3.8, 4) is 28.6 Å². The Morgan fingerprint density at radius 3 is 2.34 bits per heavy atom. The van der Waals surface area contributed by atoms with Crippen molar-refractivity contribution in [2.75, 3.05) is 12.0 Å². The number of furan rings is 1. The Balaban J connectivity index is 1.33. The molecule has 0 amide bonds. The Labute approximate surface area is 241 Å². The van der Waals surface area contributed by atoms with Crippen LogP contribution >= 0.6 is 12.2 Å². The van der Waals surface area contributed by atoms with E-state index in [9.17, 15) is 9.90 Å². The van der Waals surface area contributed by atoms with Gasteiger partial charge >= 0.3 is 5.97 Å². The zero-order chi connectivity index (χ0) is 28.3. The lowest BCUT2D eigenvalue weighted by Crippen LogP contribution is -2.29. The zero-order valence-electron chi connectivity index (χ0n) is 21.9. The minimum atomic E-state index is -0.996. The molecule has 0 spiro atoms. The van der Waals surface area contributed by atoms with E-state index in [1.807, 2.05) is 89.8 Å². The third-order valence-electron chi connectivity index (χ3n) is 6.82. The summed E-state index contributed by atoms with van der Waals surface area (Å²) in [6.07, 6.45) is 1.75. The highest BCUT2D eigenvalue weighted by molar-refractivity contribution is 7.80. The van der Waals surface area contributed by atoms with E-state index in [2.05, 4.69) is 10.3 Å². The summed E-state index contributed by atoms with van der Waals surface area (Å²) in [6.45, 7) is 0. The van der Waals surface area contributed by atoms with Crippen LogP contribution in [0.1, 0.15) is 33.9 Å². The number of ether oxygens (including phenoxy) is 2. The third-order valence-corrected chi connectivity index (χ3v) is 7.14. The first kappa shape index (κ1) is 26.1. The van der Waals surface area contributed by atoms with Crippen LogP contribution in [-0.2, 0) is 0 Å². The van der Waals surface area contributed by atoms with Crippen molar-refractivity contribution in [2.45, 2.75) is 12.1 Å². The SMILES string of the molecule is COc1ccc(Oc2ccc(N3C(=S)N[C@H](c4ccccn4)[C@@H]3c3ccc(-c4cccc(C(=O)O)c4)o3)cc2)cc1. The predicted octanol–water partition coefficient (Wildman–Crippen LogP) is 7.02. The molecule has 41 heavy (non-hydrogen) atoms. The maximum Gasteiger partial charge on any atom is 0.335 e. The summed E-state index contributed by atoms with van der Waals surface area (Å²) < 4.78 is 17.6. The second kappa shape index (κ2) is 11.1. The number of nitrogens with one attached hydrogen (secondary N) is 1. The Morgan fingerprint density at radius 1 is 0.927 bits per heavy atom. The highest BCUT2D eigenvalue weighted by atomic mass is 32.1. The minimum absolute atomic E-state index is 0.189. The zero-order valence-corrected chi connectivity index (χ0v) is 22.7. The quantitative estimate of drug-likeness (QED) is 0.193. The predicted molar refractivity (Wildman–Crippen MR) is 159 cm³/mol. The molecular weight excluding hydrogens is 538 g/mol. The molecule has 8 nitrogen and oxygen atoms in total. The van der Waals surface area contributed by atoms with Crippen LogP contribution in [0.2, 0.25) is 0 Å². The van der Waals surface area contributed by atoms with E-state index in [0.29, 0.717) is 33.7 Å². The van der Waals surface area contributed by atoms with Gasteiger partial charge in [0.25, 0.3) is 0 Å². The molecule has 204 valence electrons. The average molecular weight is 564 g/mol. The molecule has 2 N–H and O–H groups in total. The van der Waals surface area contributed by atoms with Crippen molar-refractivity contribution in [3.05, 3.63) is 126 Å². The smallest absolute Gasteiger partial charge is 0.335 e. The molecule has 2 aromatic heterocycles. The van der Waals surface area contributed by atoms with Crippen molar-refractivity contribution in [3.63, 3.8) is 0 Å². The van der Waals surface area contributed by atoms with Gasteiger partial charge in [-0.3, -0.25) is 4.98 Å². The second-order valence-corrected chi connectivity index (χ2v) is 9.74. The molecular formula is C32H25N3O5S. The topological polar surface area (TPSA) is 97.1 Å². The Hall–Kier alpha value is -5.15. The van der Waals surface area contributed by atoms with Crippen molar-refractivity contribution in [1.82, 2.24) is 10.3 Å². The molecule has 0 aliphatic carbocycles. The van der Waals surface area contributed by atoms with Crippen LogP contribution in [0.15, 0.2) is 114 Å². The lowest BCUT2D eigenvalue weighted by molar-refractivity contribution is 0.0697. The van der Waals surface area contributed by atoms with E-state index >= 15 is 0 Å². The second-order valence-electron chi connectivity index (χ2n) is 9.36. The van der Waals surface area contributed by atoms with Gasteiger partial charge in [-0.15, -0.1) is 0 Å². The van der Waals surface area contributed by atoms with Crippen molar-refractivity contribution in [2.24, 2.45) is 0 Å². The van der Waals surface area contributed by atoms with Crippen LogP contribution in [-0.4, -0.2) is 28.3 Å². The number of hydrogen-bond donors (Lipinski definition) is 2. The molecule has 1 fully saturated rings. The Kier molecular flexibility index (Phi) is 7.09. The number of nitrogens with zero attached hydrogens (tertiary/aromatic N) is 2. The number of carboxylic acid groups (broad SMARTS) is 1. The Morgan fingerprint density at radius 2 is 1.66 bits per heavy atom. The van der Waals surface area contributed by atoms with Crippen LogP contribution in [0, 0.1) is 0 Å². The summed E-state index contributed by atoms with van der Waals surface area (Å²) in [7, 11) is 1.62. The summed E-state index contributed by atoms with van der Waals surface area (Å²) in [6, 6.07) is 30.6. The van der Waals surface area contributed by atoms with E-state index < -0.39 is 5.97 Å². The molecule has 5 aromatic rings.